The van der Waals surface area contributed by atoms with Crippen molar-refractivity contribution in [2.45, 2.75) is 72.3 Å². The molecule has 1 N–H and O–H groups in total. The maximum Gasteiger partial charge on any atom is 0.334 e. The van der Waals surface area contributed by atoms with E-state index in [-0.39, 0.29) is 5.41 Å². The van der Waals surface area contributed by atoms with Crippen LogP contribution in [0, 0.1) is 22.7 Å². The van der Waals surface area contributed by atoms with E-state index in [2.05, 4.69) is 34.6 Å². The van der Waals surface area contributed by atoms with Gasteiger partial charge >= 0.3 is 5.97 Å². The minimum atomic E-state index is -0.441. The van der Waals surface area contributed by atoms with Crippen LogP contribution in [-0.2, 0) is 9.53 Å². The average molecular weight is 294 g/mol. The number of carbonyl (C=O) groups excluding carboxylic acids is 1. The lowest BCUT2D eigenvalue weighted by Crippen LogP contribution is -2.57. The lowest BCUT2D eigenvalue weighted by atomic mass is 9.46. The predicted molar refractivity (Wildman–Crippen MR) is 83.9 cm³/mol. The summed E-state index contributed by atoms with van der Waals surface area (Å²) in [6, 6.07) is 0. The number of esters is 1. The van der Waals surface area contributed by atoms with Crippen molar-refractivity contribution in [3.63, 3.8) is 0 Å². The van der Waals surface area contributed by atoms with Gasteiger partial charge in [0.2, 0.25) is 0 Å². The topological polar surface area (TPSA) is 46.5 Å². The van der Waals surface area contributed by atoms with Crippen molar-refractivity contribution in [1.82, 2.24) is 0 Å². The SMILES string of the molecule is C[C@@H]1[C@@]2(C)CCCC(C)(C)[C@@H]2CC[C@@]1(C)OC(=O)/C=C/O. The van der Waals surface area contributed by atoms with Gasteiger partial charge in [-0.05, 0) is 49.4 Å². The molecule has 2 rings (SSSR count). The van der Waals surface area contributed by atoms with Crippen LogP contribution in [0.1, 0.15) is 66.7 Å². The zero-order valence-electron chi connectivity index (χ0n) is 14.1. The maximum atomic E-state index is 11.8. The first-order chi connectivity index (χ1) is 9.66. The maximum absolute atomic E-state index is 11.8. The third-order valence-electron chi connectivity index (χ3n) is 6.65. The van der Waals surface area contributed by atoms with Crippen molar-refractivity contribution in [3.05, 3.63) is 12.3 Å². The van der Waals surface area contributed by atoms with E-state index >= 15 is 0 Å². The Hall–Kier alpha value is -0.990. The van der Waals surface area contributed by atoms with Gasteiger partial charge in [-0.1, -0.05) is 34.1 Å². The van der Waals surface area contributed by atoms with Gasteiger partial charge < -0.3 is 9.84 Å². The highest BCUT2D eigenvalue weighted by Gasteiger charge is 2.57. The molecule has 2 aliphatic carbocycles. The zero-order valence-corrected chi connectivity index (χ0v) is 14.1. The van der Waals surface area contributed by atoms with Crippen molar-refractivity contribution in [1.29, 1.82) is 0 Å². The Morgan fingerprint density at radius 1 is 1.19 bits per heavy atom. The predicted octanol–water partition coefficient (Wildman–Crippen LogP) is 4.62. The van der Waals surface area contributed by atoms with E-state index < -0.39 is 11.6 Å². The molecule has 0 aromatic heterocycles. The molecule has 0 bridgehead atoms. The van der Waals surface area contributed by atoms with Gasteiger partial charge in [0.1, 0.15) is 5.60 Å². The van der Waals surface area contributed by atoms with E-state index in [1.807, 2.05) is 0 Å². The lowest BCUT2D eigenvalue weighted by molar-refractivity contribution is -0.191. The molecular formula is C18H30O3. The second-order valence-electron chi connectivity index (χ2n) is 8.21. The van der Waals surface area contributed by atoms with Crippen LogP contribution in [0.25, 0.3) is 0 Å². The number of aliphatic hydroxyl groups excluding tert-OH is 1. The number of carbonyl (C=O) groups is 1. The molecule has 0 radical (unpaired) electrons. The van der Waals surface area contributed by atoms with Crippen LogP contribution < -0.4 is 0 Å². The van der Waals surface area contributed by atoms with E-state index in [1.54, 1.807) is 0 Å². The molecule has 2 fully saturated rings. The molecule has 21 heavy (non-hydrogen) atoms. The summed E-state index contributed by atoms with van der Waals surface area (Å²) >= 11 is 0. The van der Waals surface area contributed by atoms with Gasteiger partial charge in [-0.15, -0.1) is 0 Å². The number of hydrogen-bond donors (Lipinski definition) is 1. The second kappa shape index (κ2) is 5.33. The summed E-state index contributed by atoms with van der Waals surface area (Å²) < 4.78 is 5.73. The number of rotatable bonds is 2. The van der Waals surface area contributed by atoms with Gasteiger partial charge in [-0.3, -0.25) is 0 Å². The minimum absolute atomic E-state index is 0.220. The Kier molecular flexibility index (Phi) is 4.16. The molecule has 3 nitrogen and oxygen atoms in total. The Bertz CT molecular complexity index is 440. The fourth-order valence-electron chi connectivity index (χ4n) is 5.21. The van der Waals surface area contributed by atoms with E-state index in [4.69, 9.17) is 9.84 Å². The number of ether oxygens (including phenoxy) is 1. The van der Waals surface area contributed by atoms with Crippen LogP contribution in [0.2, 0.25) is 0 Å². The van der Waals surface area contributed by atoms with Gasteiger partial charge in [0, 0.05) is 5.92 Å². The van der Waals surface area contributed by atoms with Gasteiger partial charge in [-0.25, -0.2) is 4.79 Å². The quantitative estimate of drug-likeness (QED) is 0.459. The third-order valence-corrected chi connectivity index (χ3v) is 6.65. The summed E-state index contributed by atoms with van der Waals surface area (Å²) in [5.74, 6) is 0.567. The van der Waals surface area contributed by atoms with Crippen LogP contribution in [-0.4, -0.2) is 16.7 Å². The highest BCUT2D eigenvalue weighted by molar-refractivity contribution is 5.82. The summed E-state index contributed by atoms with van der Waals surface area (Å²) in [7, 11) is 0. The second-order valence-corrected chi connectivity index (χ2v) is 8.21. The highest BCUT2D eigenvalue weighted by atomic mass is 16.6. The van der Waals surface area contributed by atoms with Crippen LogP contribution >= 0.6 is 0 Å². The number of hydrogen-bond acceptors (Lipinski definition) is 3. The van der Waals surface area contributed by atoms with Gasteiger partial charge in [0.05, 0.1) is 12.3 Å². The lowest BCUT2D eigenvalue weighted by Gasteiger charge is -2.61. The molecule has 0 aromatic rings. The van der Waals surface area contributed by atoms with Crippen LogP contribution in [0.3, 0.4) is 0 Å². The third kappa shape index (κ3) is 2.72. The van der Waals surface area contributed by atoms with Crippen molar-refractivity contribution in [2.75, 3.05) is 0 Å². The summed E-state index contributed by atoms with van der Waals surface area (Å²) in [5, 5.41) is 8.74. The summed E-state index contributed by atoms with van der Waals surface area (Å²) in [4.78, 5) is 11.8. The van der Waals surface area contributed by atoms with E-state index in [1.165, 1.54) is 19.3 Å². The number of fused-ring (bicyclic) bond motifs is 1. The average Bonchev–Trinajstić information content (AvgIpc) is 2.35. The molecule has 0 aliphatic heterocycles. The molecule has 0 unspecified atom stereocenters. The summed E-state index contributed by atoms with van der Waals surface area (Å²) in [6.07, 6.45) is 7.63. The van der Waals surface area contributed by atoms with Crippen molar-refractivity contribution >= 4 is 5.97 Å². The molecule has 0 spiro atoms. The first-order valence-electron chi connectivity index (χ1n) is 8.19. The van der Waals surface area contributed by atoms with E-state index in [0.29, 0.717) is 17.3 Å². The van der Waals surface area contributed by atoms with Crippen LogP contribution in [0.15, 0.2) is 12.3 Å². The van der Waals surface area contributed by atoms with E-state index in [9.17, 15) is 4.79 Å². The van der Waals surface area contributed by atoms with Crippen molar-refractivity contribution < 1.29 is 14.6 Å². The molecule has 4 atom stereocenters. The summed E-state index contributed by atoms with van der Waals surface area (Å²) in [6.45, 7) is 11.5. The Balaban J connectivity index is 2.26. The normalized spacial score (nSPS) is 42.5. The molecule has 0 amide bonds. The molecular weight excluding hydrogens is 264 g/mol. The van der Waals surface area contributed by atoms with Crippen molar-refractivity contribution in [3.8, 4) is 0 Å². The van der Waals surface area contributed by atoms with Crippen LogP contribution in [0.5, 0.6) is 0 Å². The largest absolute Gasteiger partial charge is 0.515 e. The molecule has 2 aliphatic rings. The highest BCUT2D eigenvalue weighted by Crippen LogP contribution is 2.62. The molecule has 2 saturated carbocycles. The van der Waals surface area contributed by atoms with Gasteiger partial charge in [-0.2, -0.15) is 0 Å². The smallest absolute Gasteiger partial charge is 0.334 e. The fourth-order valence-corrected chi connectivity index (χ4v) is 5.21. The zero-order chi connectivity index (χ0) is 15.9. The molecule has 120 valence electrons. The van der Waals surface area contributed by atoms with Crippen molar-refractivity contribution in [2.24, 2.45) is 22.7 Å². The minimum Gasteiger partial charge on any atom is -0.515 e. The molecule has 0 saturated heterocycles. The van der Waals surface area contributed by atoms with E-state index in [0.717, 1.165) is 25.2 Å². The molecule has 0 aromatic carbocycles. The Labute approximate surface area is 128 Å². The Morgan fingerprint density at radius 2 is 1.86 bits per heavy atom. The molecule has 3 heteroatoms. The van der Waals surface area contributed by atoms with Gasteiger partial charge in [0.25, 0.3) is 0 Å². The first kappa shape index (κ1) is 16.4. The fraction of sp³-hybridized carbons (Fsp3) is 0.833. The standard InChI is InChI=1S/C18H30O3/c1-13-17(4)10-6-9-16(2,3)14(17)7-11-18(13,5)21-15(20)8-12-19/h8,12-14,19H,6-7,9-11H2,1-5H3/b12-8+/t13-,14+,17-,18-/m1/s1. The van der Waals surface area contributed by atoms with Crippen LogP contribution in [0.4, 0.5) is 0 Å². The molecule has 0 heterocycles. The van der Waals surface area contributed by atoms with Gasteiger partial charge in [0.15, 0.2) is 0 Å². The Morgan fingerprint density at radius 3 is 2.48 bits per heavy atom. The number of aliphatic hydroxyl groups is 1. The first-order valence-corrected chi connectivity index (χ1v) is 8.19. The monoisotopic (exact) mass is 294 g/mol. The summed E-state index contributed by atoms with van der Waals surface area (Å²) in [5.41, 5.74) is 0.158.